The molecule has 0 atom stereocenters. The van der Waals surface area contributed by atoms with Gasteiger partial charge in [-0.2, -0.15) is 4.39 Å². The van der Waals surface area contributed by atoms with E-state index in [1.165, 1.54) is 12.1 Å². The molecule has 0 unspecified atom stereocenters. The van der Waals surface area contributed by atoms with Crippen LogP contribution >= 0.6 is 0 Å². The van der Waals surface area contributed by atoms with Crippen LogP contribution in [0.1, 0.15) is 24.8 Å². The van der Waals surface area contributed by atoms with Crippen LogP contribution in [0.5, 0.6) is 0 Å². The quantitative estimate of drug-likeness (QED) is 0.631. The van der Waals surface area contributed by atoms with Crippen LogP contribution in [0.4, 0.5) is 10.1 Å². The lowest BCUT2D eigenvalue weighted by Crippen LogP contribution is -2.48. The fraction of sp³-hybridized carbons (Fsp3) is 0.455. The molecule has 1 aromatic rings. The Bertz CT molecular complexity index is 430. The SMILES string of the molecule is NC1(Cc2ccc([N+](=O)[O-])c(F)c2)CCC1. The number of nitrogens with zero attached hydrogens (tertiary/aromatic N) is 1. The molecular formula is C11H13FN2O2. The summed E-state index contributed by atoms with van der Waals surface area (Å²) in [5.74, 6) is -0.787. The van der Waals surface area contributed by atoms with Crippen LogP contribution in [0, 0.1) is 15.9 Å². The minimum Gasteiger partial charge on any atom is -0.325 e. The number of rotatable bonds is 3. The summed E-state index contributed by atoms with van der Waals surface area (Å²) in [7, 11) is 0. The van der Waals surface area contributed by atoms with Crippen molar-refractivity contribution < 1.29 is 9.31 Å². The molecule has 0 bridgehead atoms. The zero-order chi connectivity index (χ0) is 11.8. The van der Waals surface area contributed by atoms with Crippen molar-refractivity contribution in [3.05, 3.63) is 39.7 Å². The molecule has 1 aliphatic carbocycles. The Morgan fingerprint density at radius 3 is 2.62 bits per heavy atom. The van der Waals surface area contributed by atoms with Gasteiger partial charge in [-0.05, 0) is 37.3 Å². The number of hydrogen-bond acceptors (Lipinski definition) is 3. The number of nitro groups is 1. The second kappa shape index (κ2) is 3.83. The van der Waals surface area contributed by atoms with Crippen molar-refractivity contribution in [3.63, 3.8) is 0 Å². The van der Waals surface area contributed by atoms with E-state index in [0.717, 1.165) is 24.8 Å². The lowest BCUT2D eigenvalue weighted by atomic mass is 9.74. The average Bonchev–Trinajstić information content (AvgIpc) is 2.14. The van der Waals surface area contributed by atoms with E-state index in [0.29, 0.717) is 6.42 Å². The second-order valence-electron chi connectivity index (χ2n) is 4.44. The highest BCUT2D eigenvalue weighted by Gasteiger charge is 2.32. The van der Waals surface area contributed by atoms with Crippen LogP contribution in [0.15, 0.2) is 18.2 Å². The topological polar surface area (TPSA) is 69.2 Å². The molecule has 4 nitrogen and oxygen atoms in total. The molecule has 1 fully saturated rings. The zero-order valence-corrected chi connectivity index (χ0v) is 8.78. The number of hydrogen-bond donors (Lipinski definition) is 1. The summed E-state index contributed by atoms with van der Waals surface area (Å²) in [4.78, 5) is 9.70. The second-order valence-corrected chi connectivity index (χ2v) is 4.44. The molecule has 2 N–H and O–H groups in total. The third-order valence-corrected chi connectivity index (χ3v) is 3.11. The maximum atomic E-state index is 13.3. The number of benzene rings is 1. The smallest absolute Gasteiger partial charge is 0.304 e. The van der Waals surface area contributed by atoms with E-state index < -0.39 is 16.4 Å². The number of halogens is 1. The van der Waals surface area contributed by atoms with Gasteiger partial charge in [-0.3, -0.25) is 10.1 Å². The van der Waals surface area contributed by atoms with Crippen molar-refractivity contribution in [2.75, 3.05) is 0 Å². The van der Waals surface area contributed by atoms with E-state index >= 15 is 0 Å². The minimum absolute atomic E-state index is 0.234. The van der Waals surface area contributed by atoms with E-state index in [9.17, 15) is 14.5 Å². The van der Waals surface area contributed by atoms with Gasteiger partial charge in [0.2, 0.25) is 5.82 Å². The molecule has 1 saturated carbocycles. The first-order valence-electron chi connectivity index (χ1n) is 5.22. The predicted molar refractivity (Wildman–Crippen MR) is 57.5 cm³/mol. The number of nitro benzene ring substituents is 1. The third-order valence-electron chi connectivity index (χ3n) is 3.11. The molecule has 0 spiro atoms. The maximum absolute atomic E-state index is 13.3. The van der Waals surface area contributed by atoms with Crippen LogP contribution in [-0.4, -0.2) is 10.5 Å². The van der Waals surface area contributed by atoms with Crippen LogP contribution < -0.4 is 5.73 Å². The highest BCUT2D eigenvalue weighted by Crippen LogP contribution is 2.33. The molecule has 86 valence electrons. The van der Waals surface area contributed by atoms with Gasteiger partial charge in [-0.25, -0.2) is 0 Å². The summed E-state index contributed by atoms with van der Waals surface area (Å²) in [6, 6.07) is 3.99. The monoisotopic (exact) mass is 224 g/mol. The molecular weight excluding hydrogens is 211 g/mol. The van der Waals surface area contributed by atoms with E-state index in [2.05, 4.69) is 0 Å². The molecule has 2 rings (SSSR count). The van der Waals surface area contributed by atoms with Crippen molar-refractivity contribution >= 4 is 5.69 Å². The lowest BCUT2D eigenvalue weighted by Gasteiger charge is -2.38. The molecule has 5 heteroatoms. The van der Waals surface area contributed by atoms with Crippen LogP contribution in [0.3, 0.4) is 0 Å². The summed E-state index contributed by atoms with van der Waals surface area (Å²) >= 11 is 0. The van der Waals surface area contributed by atoms with Gasteiger partial charge in [-0.1, -0.05) is 6.07 Å². The first-order valence-corrected chi connectivity index (χ1v) is 5.22. The summed E-state index contributed by atoms with van der Waals surface area (Å²) in [6.45, 7) is 0. The Hall–Kier alpha value is -1.49. The lowest BCUT2D eigenvalue weighted by molar-refractivity contribution is -0.387. The molecule has 0 aromatic heterocycles. The van der Waals surface area contributed by atoms with Crippen molar-refractivity contribution in [1.29, 1.82) is 0 Å². The Morgan fingerprint density at radius 2 is 2.19 bits per heavy atom. The van der Waals surface area contributed by atoms with Crippen molar-refractivity contribution in [2.45, 2.75) is 31.2 Å². The zero-order valence-electron chi connectivity index (χ0n) is 8.78. The molecule has 0 amide bonds. The molecule has 0 radical (unpaired) electrons. The fourth-order valence-electron chi connectivity index (χ4n) is 2.02. The van der Waals surface area contributed by atoms with Crippen molar-refractivity contribution in [2.24, 2.45) is 5.73 Å². The molecule has 0 aliphatic heterocycles. The Kier molecular flexibility index (Phi) is 2.63. The molecule has 0 heterocycles. The van der Waals surface area contributed by atoms with E-state index in [-0.39, 0.29) is 5.54 Å². The van der Waals surface area contributed by atoms with Gasteiger partial charge in [0.15, 0.2) is 0 Å². The maximum Gasteiger partial charge on any atom is 0.304 e. The average molecular weight is 224 g/mol. The van der Waals surface area contributed by atoms with Gasteiger partial charge in [0.1, 0.15) is 0 Å². The van der Waals surface area contributed by atoms with Crippen LogP contribution in [0.2, 0.25) is 0 Å². The number of nitrogens with two attached hydrogens (primary N) is 1. The van der Waals surface area contributed by atoms with E-state index in [1.807, 2.05) is 0 Å². The van der Waals surface area contributed by atoms with Gasteiger partial charge >= 0.3 is 5.69 Å². The Balaban J connectivity index is 2.18. The summed E-state index contributed by atoms with van der Waals surface area (Å²) in [5, 5.41) is 10.4. The summed E-state index contributed by atoms with van der Waals surface area (Å²) in [6.07, 6.45) is 3.56. The predicted octanol–water partition coefficient (Wildman–Crippen LogP) is 2.16. The molecule has 1 aromatic carbocycles. The molecule has 0 saturated heterocycles. The first kappa shape index (κ1) is 11.0. The minimum atomic E-state index is -0.787. The molecule has 1 aliphatic rings. The van der Waals surface area contributed by atoms with Crippen LogP contribution in [0.25, 0.3) is 0 Å². The van der Waals surface area contributed by atoms with Crippen molar-refractivity contribution in [3.8, 4) is 0 Å². The van der Waals surface area contributed by atoms with Crippen molar-refractivity contribution in [1.82, 2.24) is 0 Å². The largest absolute Gasteiger partial charge is 0.325 e. The van der Waals surface area contributed by atoms with Gasteiger partial charge in [0.25, 0.3) is 0 Å². The third kappa shape index (κ3) is 2.04. The normalized spacial score (nSPS) is 17.9. The molecule has 16 heavy (non-hydrogen) atoms. The highest BCUT2D eigenvalue weighted by atomic mass is 19.1. The van der Waals surface area contributed by atoms with Crippen LogP contribution in [-0.2, 0) is 6.42 Å². The van der Waals surface area contributed by atoms with Gasteiger partial charge in [-0.15, -0.1) is 0 Å². The van der Waals surface area contributed by atoms with Gasteiger partial charge in [0, 0.05) is 11.6 Å². The summed E-state index contributed by atoms with van der Waals surface area (Å²) < 4.78 is 13.3. The van der Waals surface area contributed by atoms with Gasteiger partial charge < -0.3 is 5.73 Å². The first-order chi connectivity index (χ1) is 7.50. The Morgan fingerprint density at radius 1 is 1.50 bits per heavy atom. The Labute approximate surface area is 92.4 Å². The fourth-order valence-corrected chi connectivity index (χ4v) is 2.02. The van der Waals surface area contributed by atoms with E-state index in [4.69, 9.17) is 5.73 Å². The summed E-state index contributed by atoms with van der Waals surface area (Å²) in [5.41, 5.74) is 6.04. The van der Waals surface area contributed by atoms with E-state index in [1.54, 1.807) is 6.07 Å². The van der Waals surface area contributed by atoms with Gasteiger partial charge in [0.05, 0.1) is 4.92 Å². The highest BCUT2D eigenvalue weighted by molar-refractivity contribution is 5.35. The standard InChI is InChI=1S/C11H13FN2O2/c12-9-6-8(2-3-10(9)14(15)16)7-11(13)4-1-5-11/h2-3,6H,1,4-5,7,13H2.